The Balaban J connectivity index is 2.22. The summed E-state index contributed by atoms with van der Waals surface area (Å²) in [5.74, 6) is -0.318. The van der Waals surface area contributed by atoms with Gasteiger partial charge in [0.2, 0.25) is 0 Å². The largest absolute Gasteiger partial charge is 0.483 e. The van der Waals surface area contributed by atoms with E-state index in [0.717, 1.165) is 0 Å². The van der Waals surface area contributed by atoms with Gasteiger partial charge in [-0.1, -0.05) is 6.07 Å². The molecule has 0 aliphatic heterocycles. The minimum Gasteiger partial charge on any atom is -0.483 e. The molecule has 0 aliphatic carbocycles. The van der Waals surface area contributed by atoms with Crippen molar-refractivity contribution in [3.8, 4) is 5.75 Å². The summed E-state index contributed by atoms with van der Waals surface area (Å²) in [6.07, 6.45) is 1.43. The lowest BCUT2D eigenvalue weighted by Gasteiger charge is -2.11. The smallest absolute Gasteiger partial charge is 0.339 e. The molecular formula is C12H14N4O3. The summed E-state index contributed by atoms with van der Waals surface area (Å²) in [6.45, 7) is 2.70. The number of carboxylic acid groups (broad SMARTS) is 1. The van der Waals surface area contributed by atoms with Gasteiger partial charge in [0.15, 0.2) is 11.6 Å². The van der Waals surface area contributed by atoms with Crippen LogP contribution in [-0.4, -0.2) is 25.8 Å². The SMILES string of the molecule is CCn1ncnc1COc1c(N)cccc1C(=O)O. The number of aromatic carboxylic acids is 1. The molecule has 0 saturated heterocycles. The molecule has 7 nitrogen and oxygen atoms in total. The number of hydrogen-bond acceptors (Lipinski definition) is 5. The monoisotopic (exact) mass is 262 g/mol. The van der Waals surface area contributed by atoms with E-state index in [-0.39, 0.29) is 23.6 Å². The molecule has 2 rings (SSSR count). The predicted octanol–water partition coefficient (Wildman–Crippen LogP) is 1.16. The Kier molecular flexibility index (Phi) is 3.65. The topological polar surface area (TPSA) is 103 Å². The van der Waals surface area contributed by atoms with Crippen molar-refractivity contribution in [2.24, 2.45) is 0 Å². The number of benzene rings is 1. The maximum absolute atomic E-state index is 11.1. The molecule has 0 unspecified atom stereocenters. The van der Waals surface area contributed by atoms with Crippen molar-refractivity contribution in [1.82, 2.24) is 14.8 Å². The van der Waals surface area contributed by atoms with Crippen LogP contribution in [0, 0.1) is 0 Å². The van der Waals surface area contributed by atoms with Crippen LogP contribution >= 0.6 is 0 Å². The van der Waals surface area contributed by atoms with Gasteiger partial charge in [-0.25, -0.2) is 14.5 Å². The highest BCUT2D eigenvalue weighted by Gasteiger charge is 2.15. The summed E-state index contributed by atoms with van der Waals surface area (Å²) < 4.78 is 7.15. The van der Waals surface area contributed by atoms with Gasteiger partial charge in [-0.05, 0) is 19.1 Å². The molecule has 2 aromatic rings. The van der Waals surface area contributed by atoms with Crippen LogP contribution in [0.25, 0.3) is 0 Å². The first-order chi connectivity index (χ1) is 9.13. The number of aryl methyl sites for hydroxylation is 1. The summed E-state index contributed by atoms with van der Waals surface area (Å²) >= 11 is 0. The molecule has 100 valence electrons. The number of hydrogen-bond donors (Lipinski definition) is 2. The zero-order chi connectivity index (χ0) is 13.8. The molecule has 3 N–H and O–H groups in total. The van der Waals surface area contributed by atoms with Crippen molar-refractivity contribution in [3.05, 3.63) is 35.9 Å². The first-order valence-electron chi connectivity index (χ1n) is 5.74. The lowest BCUT2D eigenvalue weighted by atomic mass is 10.2. The standard InChI is InChI=1S/C12H14N4O3/c1-2-16-10(14-7-15-16)6-19-11-8(12(17)18)4-3-5-9(11)13/h3-5,7H,2,6,13H2,1H3,(H,17,18). The number of carboxylic acids is 1. The van der Waals surface area contributed by atoms with Crippen LogP contribution < -0.4 is 10.5 Å². The molecule has 1 heterocycles. The van der Waals surface area contributed by atoms with E-state index >= 15 is 0 Å². The highest BCUT2D eigenvalue weighted by atomic mass is 16.5. The minimum atomic E-state index is -1.08. The minimum absolute atomic E-state index is 0.0302. The van der Waals surface area contributed by atoms with Crippen LogP contribution in [0.15, 0.2) is 24.5 Å². The van der Waals surface area contributed by atoms with Crippen LogP contribution in [0.1, 0.15) is 23.1 Å². The second kappa shape index (κ2) is 5.38. The van der Waals surface area contributed by atoms with Crippen molar-refractivity contribution in [2.45, 2.75) is 20.1 Å². The van der Waals surface area contributed by atoms with Crippen molar-refractivity contribution in [2.75, 3.05) is 5.73 Å². The Hall–Kier alpha value is -2.57. The van der Waals surface area contributed by atoms with Gasteiger partial charge < -0.3 is 15.6 Å². The fraction of sp³-hybridized carbons (Fsp3) is 0.250. The number of anilines is 1. The molecule has 0 fully saturated rings. The van der Waals surface area contributed by atoms with E-state index < -0.39 is 5.97 Å². The molecule has 0 radical (unpaired) electrons. The molecule has 0 bridgehead atoms. The van der Waals surface area contributed by atoms with Gasteiger partial charge in [0.1, 0.15) is 18.5 Å². The Bertz CT molecular complexity index is 594. The average molecular weight is 262 g/mol. The lowest BCUT2D eigenvalue weighted by molar-refractivity contribution is 0.0691. The number of aromatic nitrogens is 3. The summed E-state index contributed by atoms with van der Waals surface area (Å²) in [7, 11) is 0. The highest BCUT2D eigenvalue weighted by molar-refractivity contribution is 5.93. The van der Waals surface area contributed by atoms with Crippen molar-refractivity contribution in [3.63, 3.8) is 0 Å². The molecule has 1 aromatic heterocycles. The number of nitrogens with zero attached hydrogens (tertiary/aromatic N) is 3. The molecule has 1 aromatic carbocycles. The van der Waals surface area contributed by atoms with E-state index in [1.165, 1.54) is 12.4 Å². The number of rotatable bonds is 5. The van der Waals surface area contributed by atoms with E-state index in [1.807, 2.05) is 6.92 Å². The fourth-order valence-electron chi connectivity index (χ4n) is 1.69. The van der Waals surface area contributed by atoms with Crippen LogP contribution in [0.3, 0.4) is 0 Å². The Morgan fingerprint density at radius 3 is 3.00 bits per heavy atom. The lowest BCUT2D eigenvalue weighted by Crippen LogP contribution is -2.10. The van der Waals surface area contributed by atoms with Crippen LogP contribution in [-0.2, 0) is 13.2 Å². The zero-order valence-electron chi connectivity index (χ0n) is 10.4. The van der Waals surface area contributed by atoms with E-state index in [9.17, 15) is 4.79 Å². The number of nitrogen functional groups attached to an aromatic ring is 1. The summed E-state index contributed by atoms with van der Waals surface area (Å²) in [5.41, 5.74) is 6.05. The first kappa shape index (κ1) is 12.9. The Labute approximate surface area is 109 Å². The van der Waals surface area contributed by atoms with E-state index in [1.54, 1.807) is 16.8 Å². The van der Waals surface area contributed by atoms with E-state index in [2.05, 4.69) is 10.1 Å². The zero-order valence-corrected chi connectivity index (χ0v) is 10.4. The molecule has 19 heavy (non-hydrogen) atoms. The van der Waals surface area contributed by atoms with E-state index in [0.29, 0.717) is 12.4 Å². The predicted molar refractivity (Wildman–Crippen MR) is 67.8 cm³/mol. The highest BCUT2D eigenvalue weighted by Crippen LogP contribution is 2.27. The maximum atomic E-state index is 11.1. The van der Waals surface area contributed by atoms with E-state index in [4.69, 9.17) is 15.6 Å². The Morgan fingerprint density at radius 2 is 2.32 bits per heavy atom. The van der Waals surface area contributed by atoms with Gasteiger partial charge in [-0.15, -0.1) is 0 Å². The van der Waals surface area contributed by atoms with Gasteiger partial charge in [0, 0.05) is 6.54 Å². The molecular weight excluding hydrogens is 248 g/mol. The van der Waals surface area contributed by atoms with Crippen LogP contribution in [0.2, 0.25) is 0 Å². The number of para-hydroxylation sites is 1. The van der Waals surface area contributed by atoms with Crippen molar-refractivity contribution in [1.29, 1.82) is 0 Å². The normalized spacial score (nSPS) is 10.4. The molecule has 0 atom stereocenters. The van der Waals surface area contributed by atoms with Gasteiger partial charge in [-0.2, -0.15) is 5.10 Å². The van der Waals surface area contributed by atoms with Crippen LogP contribution in [0.4, 0.5) is 5.69 Å². The number of carbonyl (C=O) groups is 1. The Morgan fingerprint density at radius 1 is 1.53 bits per heavy atom. The first-order valence-corrected chi connectivity index (χ1v) is 5.74. The van der Waals surface area contributed by atoms with Crippen molar-refractivity contribution >= 4 is 11.7 Å². The van der Waals surface area contributed by atoms with Crippen molar-refractivity contribution < 1.29 is 14.6 Å². The summed E-state index contributed by atoms with van der Waals surface area (Å²) in [6, 6.07) is 4.60. The van der Waals surface area contributed by atoms with Gasteiger partial charge in [0.05, 0.1) is 5.69 Å². The second-order valence-electron chi connectivity index (χ2n) is 3.81. The van der Waals surface area contributed by atoms with Gasteiger partial charge in [0.25, 0.3) is 0 Å². The third-order valence-corrected chi connectivity index (χ3v) is 2.62. The maximum Gasteiger partial charge on any atom is 0.339 e. The average Bonchev–Trinajstić information content (AvgIpc) is 2.84. The fourth-order valence-corrected chi connectivity index (χ4v) is 1.69. The number of nitrogens with two attached hydrogens (primary N) is 1. The molecule has 0 amide bonds. The molecule has 0 spiro atoms. The molecule has 0 aliphatic rings. The van der Waals surface area contributed by atoms with Crippen LogP contribution in [0.5, 0.6) is 5.75 Å². The van der Waals surface area contributed by atoms with Gasteiger partial charge >= 0.3 is 5.97 Å². The second-order valence-corrected chi connectivity index (χ2v) is 3.81. The molecule has 0 saturated carbocycles. The number of ether oxygens (including phenoxy) is 1. The van der Waals surface area contributed by atoms with Gasteiger partial charge in [-0.3, -0.25) is 0 Å². The summed E-state index contributed by atoms with van der Waals surface area (Å²) in [5, 5.41) is 13.1. The molecule has 7 heteroatoms. The quantitative estimate of drug-likeness (QED) is 0.783. The summed E-state index contributed by atoms with van der Waals surface area (Å²) in [4.78, 5) is 15.1. The third-order valence-electron chi connectivity index (χ3n) is 2.62. The third kappa shape index (κ3) is 2.65.